The van der Waals surface area contributed by atoms with Crippen LogP contribution in [0, 0.1) is 23.7 Å². The number of aryl methyl sites for hydroxylation is 1. The summed E-state index contributed by atoms with van der Waals surface area (Å²) in [6.45, 7) is 7.60. The summed E-state index contributed by atoms with van der Waals surface area (Å²) in [5, 5.41) is 9.16. The van der Waals surface area contributed by atoms with Gasteiger partial charge in [0.1, 0.15) is 0 Å². The van der Waals surface area contributed by atoms with Crippen molar-refractivity contribution >= 4 is 5.69 Å². The number of rotatable bonds is 2. The number of hydrogen-bond acceptors (Lipinski definition) is 4. The Morgan fingerprint density at radius 2 is 1.80 bits per heavy atom. The molecule has 6 heteroatoms. The first kappa shape index (κ1) is 20.5. The van der Waals surface area contributed by atoms with Crippen molar-refractivity contribution < 1.29 is 0 Å². The van der Waals surface area contributed by atoms with Gasteiger partial charge in [-0.2, -0.15) is 5.26 Å². The Morgan fingerprint density at radius 1 is 0.971 bits per heavy atom. The quantitative estimate of drug-likeness (QED) is 0.384. The highest BCUT2D eigenvalue weighted by molar-refractivity contribution is 5.72. The zero-order valence-corrected chi connectivity index (χ0v) is 20.2. The molecule has 0 N–H and O–H groups in total. The summed E-state index contributed by atoms with van der Waals surface area (Å²) >= 11 is 0. The van der Waals surface area contributed by atoms with Crippen LogP contribution in [-0.4, -0.2) is 52.2 Å². The first-order chi connectivity index (χ1) is 17.0. The molecule has 2 saturated heterocycles. The molecular formula is C29H28N6. The van der Waals surface area contributed by atoms with Gasteiger partial charge in [-0.3, -0.25) is 4.57 Å². The molecule has 0 atom stereocenters. The third kappa shape index (κ3) is 3.23. The van der Waals surface area contributed by atoms with Crippen LogP contribution >= 0.6 is 0 Å². The van der Waals surface area contributed by atoms with E-state index >= 15 is 0 Å². The average Bonchev–Trinajstić information content (AvgIpc) is 3.55. The number of aromatic nitrogens is 3. The van der Waals surface area contributed by atoms with Crippen molar-refractivity contribution in [1.29, 1.82) is 5.26 Å². The Hall–Kier alpha value is -3.82. The molecule has 0 amide bonds. The number of nitriles is 1. The van der Waals surface area contributed by atoms with E-state index in [1.54, 1.807) is 0 Å². The van der Waals surface area contributed by atoms with Crippen molar-refractivity contribution in [3.05, 3.63) is 77.7 Å². The van der Waals surface area contributed by atoms with Crippen molar-refractivity contribution in [2.45, 2.75) is 19.9 Å². The summed E-state index contributed by atoms with van der Waals surface area (Å²) in [7, 11) is 2.22. The van der Waals surface area contributed by atoms with E-state index in [9.17, 15) is 0 Å². The fourth-order valence-electron chi connectivity index (χ4n) is 6.41. The predicted octanol–water partition coefficient (Wildman–Crippen LogP) is 4.69. The molecule has 0 bridgehead atoms. The molecule has 1 spiro atoms. The lowest BCUT2D eigenvalue weighted by atomic mass is 9.79. The SMILES string of the molecule is Cc1cn2c(n1)-c1cc(-c3ccc(C#N)cc3)cn1Cc1cc(N3CCC4(CN(C)C4)C3)ccc1-2. The van der Waals surface area contributed by atoms with E-state index in [1.807, 2.05) is 24.3 Å². The van der Waals surface area contributed by atoms with E-state index < -0.39 is 0 Å². The van der Waals surface area contributed by atoms with Crippen LogP contribution in [0.15, 0.2) is 60.9 Å². The number of likely N-dealkylation sites (tertiary alicyclic amines) is 1. The first-order valence-corrected chi connectivity index (χ1v) is 12.3. The molecule has 0 saturated carbocycles. The van der Waals surface area contributed by atoms with Gasteiger partial charge in [0.2, 0.25) is 0 Å². The number of nitrogens with zero attached hydrogens (tertiary/aromatic N) is 6. The van der Waals surface area contributed by atoms with Gasteiger partial charge in [-0.25, -0.2) is 4.98 Å². The molecule has 4 aromatic rings. The van der Waals surface area contributed by atoms with Gasteiger partial charge in [0, 0.05) is 61.8 Å². The van der Waals surface area contributed by atoms with E-state index in [4.69, 9.17) is 10.2 Å². The molecule has 3 aliphatic rings. The Kier molecular flexibility index (Phi) is 4.31. The van der Waals surface area contributed by atoms with Crippen molar-refractivity contribution in [2.75, 3.05) is 38.1 Å². The summed E-state index contributed by atoms with van der Waals surface area (Å²) in [6.07, 6.45) is 5.66. The van der Waals surface area contributed by atoms with Crippen LogP contribution in [0.1, 0.15) is 23.2 Å². The van der Waals surface area contributed by atoms with E-state index in [2.05, 4.69) is 75.6 Å². The third-order valence-electron chi connectivity index (χ3n) is 7.98. The van der Waals surface area contributed by atoms with Crippen molar-refractivity contribution in [2.24, 2.45) is 5.41 Å². The molecule has 7 rings (SSSR count). The number of imidazole rings is 1. The Balaban J connectivity index is 1.28. The third-order valence-corrected chi connectivity index (χ3v) is 7.98. The number of hydrogen-bond donors (Lipinski definition) is 0. The fourth-order valence-corrected chi connectivity index (χ4v) is 6.41. The van der Waals surface area contributed by atoms with Gasteiger partial charge in [-0.1, -0.05) is 12.1 Å². The van der Waals surface area contributed by atoms with Crippen LogP contribution in [0.25, 0.3) is 28.3 Å². The second-order valence-corrected chi connectivity index (χ2v) is 10.7. The van der Waals surface area contributed by atoms with E-state index in [0.717, 1.165) is 48.0 Å². The molecule has 174 valence electrons. The maximum Gasteiger partial charge on any atom is 0.161 e. The lowest BCUT2D eigenvalue weighted by Gasteiger charge is -2.46. The molecule has 2 aromatic carbocycles. The topological polar surface area (TPSA) is 53.0 Å². The van der Waals surface area contributed by atoms with Crippen molar-refractivity contribution in [3.63, 3.8) is 0 Å². The van der Waals surface area contributed by atoms with E-state index in [-0.39, 0.29) is 0 Å². The van der Waals surface area contributed by atoms with Gasteiger partial charge in [0.15, 0.2) is 5.82 Å². The molecule has 0 radical (unpaired) electrons. The van der Waals surface area contributed by atoms with Crippen LogP contribution in [-0.2, 0) is 6.54 Å². The fraction of sp³-hybridized carbons (Fsp3) is 0.310. The van der Waals surface area contributed by atoms with Gasteiger partial charge in [-0.05, 0) is 67.9 Å². The maximum atomic E-state index is 9.16. The minimum absolute atomic E-state index is 0.486. The summed E-state index contributed by atoms with van der Waals surface area (Å²) < 4.78 is 4.58. The maximum absolute atomic E-state index is 9.16. The highest BCUT2D eigenvalue weighted by Gasteiger charge is 2.46. The summed E-state index contributed by atoms with van der Waals surface area (Å²) in [5.41, 5.74) is 9.41. The van der Waals surface area contributed by atoms with Crippen LogP contribution in [0.5, 0.6) is 0 Å². The molecule has 0 aliphatic carbocycles. The minimum atomic E-state index is 0.486. The normalized spacial score (nSPS) is 17.9. The van der Waals surface area contributed by atoms with Crippen molar-refractivity contribution in [3.8, 4) is 34.4 Å². The molecule has 3 aliphatic heterocycles. The Bertz CT molecular complexity index is 1490. The molecule has 5 heterocycles. The van der Waals surface area contributed by atoms with Crippen LogP contribution in [0.3, 0.4) is 0 Å². The molecule has 2 aromatic heterocycles. The largest absolute Gasteiger partial charge is 0.371 e. The van der Waals surface area contributed by atoms with E-state index in [0.29, 0.717) is 11.0 Å². The summed E-state index contributed by atoms with van der Waals surface area (Å²) in [4.78, 5) is 9.93. The lowest BCUT2D eigenvalue weighted by Crippen LogP contribution is -2.55. The molecule has 0 unspecified atom stereocenters. The summed E-state index contributed by atoms with van der Waals surface area (Å²) in [6, 6.07) is 19.2. The van der Waals surface area contributed by atoms with Crippen LogP contribution in [0.4, 0.5) is 5.69 Å². The van der Waals surface area contributed by atoms with Gasteiger partial charge in [0.05, 0.1) is 28.7 Å². The standard InChI is InChI=1S/C29H28N6/c1-20-14-35-26-8-7-25(33-10-9-29(19-33)17-32(2)18-29)11-24(26)16-34-15-23(12-27(34)28(35)31-20)22-5-3-21(13-30)4-6-22/h3-8,11-12,14-15H,9-10,16-19H2,1-2H3. The average molecular weight is 461 g/mol. The van der Waals surface area contributed by atoms with Crippen LogP contribution < -0.4 is 4.90 Å². The highest BCUT2D eigenvalue weighted by atomic mass is 15.3. The van der Waals surface area contributed by atoms with Gasteiger partial charge < -0.3 is 14.4 Å². The zero-order valence-electron chi connectivity index (χ0n) is 20.2. The molecule has 6 nitrogen and oxygen atoms in total. The molecule has 35 heavy (non-hydrogen) atoms. The molecule has 2 fully saturated rings. The van der Waals surface area contributed by atoms with Crippen molar-refractivity contribution in [1.82, 2.24) is 19.0 Å². The zero-order chi connectivity index (χ0) is 23.7. The highest BCUT2D eigenvalue weighted by Crippen LogP contribution is 2.41. The first-order valence-electron chi connectivity index (χ1n) is 12.3. The molecular weight excluding hydrogens is 432 g/mol. The second kappa shape index (κ2) is 7.34. The van der Waals surface area contributed by atoms with E-state index in [1.165, 1.54) is 36.4 Å². The number of benzene rings is 2. The smallest absolute Gasteiger partial charge is 0.161 e. The predicted molar refractivity (Wildman–Crippen MR) is 138 cm³/mol. The van der Waals surface area contributed by atoms with Gasteiger partial charge in [-0.15, -0.1) is 0 Å². The number of fused-ring (bicyclic) bond motifs is 5. The number of anilines is 1. The monoisotopic (exact) mass is 460 g/mol. The summed E-state index contributed by atoms with van der Waals surface area (Å²) in [5.74, 6) is 0.978. The Morgan fingerprint density at radius 3 is 2.57 bits per heavy atom. The van der Waals surface area contributed by atoms with Gasteiger partial charge >= 0.3 is 0 Å². The second-order valence-electron chi connectivity index (χ2n) is 10.7. The minimum Gasteiger partial charge on any atom is -0.371 e. The van der Waals surface area contributed by atoms with Gasteiger partial charge in [0.25, 0.3) is 0 Å². The Labute approximate surface area is 205 Å². The lowest BCUT2D eigenvalue weighted by molar-refractivity contribution is 0.0424. The van der Waals surface area contributed by atoms with Crippen LogP contribution in [0.2, 0.25) is 0 Å².